The Bertz CT molecular complexity index is 484. The largest absolute Gasteiger partial charge is 0.496 e. The summed E-state index contributed by atoms with van der Waals surface area (Å²) in [4.78, 5) is 10.4. The van der Waals surface area contributed by atoms with Gasteiger partial charge in [0, 0.05) is 24.5 Å². The summed E-state index contributed by atoms with van der Waals surface area (Å²) >= 11 is 0. The fourth-order valence-corrected chi connectivity index (χ4v) is 2.23. The summed E-state index contributed by atoms with van der Waals surface area (Å²) in [6.45, 7) is -0.140. The summed E-state index contributed by atoms with van der Waals surface area (Å²) in [5, 5.41) is 28.4. The maximum absolute atomic E-state index is 10.4. The van der Waals surface area contributed by atoms with Crippen LogP contribution in [0.4, 0.5) is 0 Å². The predicted octanol–water partition coefficient (Wildman–Crippen LogP) is 2.54. The Morgan fingerprint density at radius 3 is 2.68 bits per heavy atom. The number of carboxylic acid groups (broad SMARTS) is 1. The zero-order valence-electron chi connectivity index (χ0n) is 12.8. The molecule has 0 spiro atoms. The van der Waals surface area contributed by atoms with Crippen molar-refractivity contribution in [1.82, 2.24) is 0 Å². The molecule has 0 radical (unpaired) electrons. The lowest BCUT2D eigenvalue weighted by Gasteiger charge is -2.21. The molecule has 2 unspecified atom stereocenters. The summed E-state index contributed by atoms with van der Waals surface area (Å²) in [6, 6.07) is 7.19. The number of hydrogen-bond acceptors (Lipinski definition) is 4. The van der Waals surface area contributed by atoms with E-state index < -0.39 is 12.1 Å². The van der Waals surface area contributed by atoms with Crippen LogP contribution in [-0.4, -0.2) is 35.0 Å². The number of carboxylic acids is 1. The molecular formula is C17H24O5. The van der Waals surface area contributed by atoms with E-state index in [9.17, 15) is 15.0 Å². The summed E-state index contributed by atoms with van der Waals surface area (Å²) in [7, 11) is 1.54. The number of carbonyl (C=O) groups is 1. The van der Waals surface area contributed by atoms with Crippen molar-refractivity contribution in [2.75, 3.05) is 13.7 Å². The van der Waals surface area contributed by atoms with E-state index in [1.165, 1.54) is 0 Å². The van der Waals surface area contributed by atoms with E-state index in [1.54, 1.807) is 19.2 Å². The number of benzene rings is 1. The standard InChI is InChI=1S/C17H24O5/c1-22-15-10-7-6-9-14(15)17(21)13(12-18)8-4-2-3-5-11-16(19)20/h2,4,6-7,9-10,13,17-18,21H,3,5,8,11-12H2,1H3,(H,19,20)/b4-2-. The first-order valence-corrected chi connectivity index (χ1v) is 7.38. The smallest absolute Gasteiger partial charge is 0.303 e. The van der Waals surface area contributed by atoms with Crippen molar-refractivity contribution in [1.29, 1.82) is 0 Å². The van der Waals surface area contributed by atoms with Crippen molar-refractivity contribution in [3.8, 4) is 5.75 Å². The van der Waals surface area contributed by atoms with Crippen LogP contribution in [0.15, 0.2) is 36.4 Å². The van der Waals surface area contributed by atoms with Crippen LogP contribution in [0, 0.1) is 5.92 Å². The molecule has 3 N–H and O–H groups in total. The van der Waals surface area contributed by atoms with Gasteiger partial charge in [-0.05, 0) is 25.3 Å². The molecule has 1 rings (SSSR count). The maximum Gasteiger partial charge on any atom is 0.303 e. The molecule has 0 saturated carbocycles. The van der Waals surface area contributed by atoms with Gasteiger partial charge in [-0.25, -0.2) is 0 Å². The highest BCUT2D eigenvalue weighted by Gasteiger charge is 2.21. The highest BCUT2D eigenvalue weighted by atomic mass is 16.5. The van der Waals surface area contributed by atoms with Crippen LogP contribution in [0.3, 0.4) is 0 Å². The number of aliphatic hydroxyl groups excluding tert-OH is 2. The lowest BCUT2D eigenvalue weighted by molar-refractivity contribution is -0.137. The average molecular weight is 308 g/mol. The molecule has 1 aromatic carbocycles. The third-order valence-corrected chi connectivity index (χ3v) is 3.51. The lowest BCUT2D eigenvalue weighted by Crippen LogP contribution is -2.16. The second-order valence-electron chi connectivity index (χ2n) is 5.12. The van der Waals surface area contributed by atoms with E-state index in [0.717, 1.165) is 0 Å². The Kier molecular flexibility index (Phi) is 8.25. The van der Waals surface area contributed by atoms with E-state index >= 15 is 0 Å². The molecule has 1 aromatic rings. The Morgan fingerprint density at radius 1 is 1.32 bits per heavy atom. The van der Waals surface area contributed by atoms with Gasteiger partial charge in [-0.15, -0.1) is 0 Å². The van der Waals surface area contributed by atoms with Crippen molar-refractivity contribution < 1.29 is 24.9 Å². The normalized spacial score (nSPS) is 14.0. The van der Waals surface area contributed by atoms with Crippen molar-refractivity contribution in [3.63, 3.8) is 0 Å². The zero-order valence-corrected chi connectivity index (χ0v) is 12.8. The molecule has 5 heteroatoms. The van der Waals surface area contributed by atoms with Crippen molar-refractivity contribution in [2.45, 2.75) is 31.8 Å². The summed E-state index contributed by atoms with van der Waals surface area (Å²) in [6.07, 6.45) is 4.88. The second-order valence-corrected chi connectivity index (χ2v) is 5.12. The first kappa shape index (κ1) is 18.2. The predicted molar refractivity (Wildman–Crippen MR) is 83.8 cm³/mol. The topological polar surface area (TPSA) is 87.0 Å². The molecule has 0 aliphatic rings. The second kappa shape index (κ2) is 9.97. The zero-order chi connectivity index (χ0) is 16.4. The number of unbranched alkanes of at least 4 members (excludes halogenated alkanes) is 1. The molecule has 0 bridgehead atoms. The fourth-order valence-electron chi connectivity index (χ4n) is 2.23. The minimum atomic E-state index is -0.815. The van der Waals surface area contributed by atoms with E-state index in [1.807, 2.05) is 24.3 Å². The summed E-state index contributed by atoms with van der Waals surface area (Å²) < 4.78 is 5.23. The van der Waals surface area contributed by atoms with Gasteiger partial charge in [-0.1, -0.05) is 30.4 Å². The van der Waals surface area contributed by atoms with Gasteiger partial charge in [0.05, 0.1) is 13.2 Å². The molecule has 0 aromatic heterocycles. The minimum absolute atomic E-state index is 0.140. The van der Waals surface area contributed by atoms with Gasteiger partial charge >= 0.3 is 5.97 Å². The van der Waals surface area contributed by atoms with E-state index in [4.69, 9.17) is 9.84 Å². The van der Waals surface area contributed by atoms with Gasteiger partial charge in [-0.2, -0.15) is 0 Å². The van der Waals surface area contributed by atoms with Crippen molar-refractivity contribution >= 4 is 5.97 Å². The third kappa shape index (κ3) is 5.87. The lowest BCUT2D eigenvalue weighted by atomic mass is 9.92. The van der Waals surface area contributed by atoms with E-state index in [0.29, 0.717) is 30.6 Å². The average Bonchev–Trinajstić information content (AvgIpc) is 2.53. The number of aliphatic hydroxyl groups is 2. The number of ether oxygens (including phenoxy) is 1. The Balaban J connectivity index is 2.56. The van der Waals surface area contributed by atoms with Crippen LogP contribution in [-0.2, 0) is 4.79 Å². The van der Waals surface area contributed by atoms with Crippen molar-refractivity contribution in [2.24, 2.45) is 5.92 Å². The Morgan fingerprint density at radius 2 is 2.05 bits per heavy atom. The number of rotatable bonds is 10. The van der Waals surface area contributed by atoms with E-state index in [2.05, 4.69) is 0 Å². The van der Waals surface area contributed by atoms with Gasteiger partial charge < -0.3 is 20.1 Å². The monoisotopic (exact) mass is 308 g/mol. The first-order chi connectivity index (χ1) is 10.6. The van der Waals surface area contributed by atoms with Gasteiger partial charge in [0.1, 0.15) is 5.75 Å². The molecule has 0 fully saturated rings. The summed E-state index contributed by atoms with van der Waals surface area (Å²) in [5.74, 6) is -0.529. The van der Waals surface area contributed by atoms with Crippen LogP contribution in [0.1, 0.15) is 37.4 Å². The number of para-hydroxylation sites is 1. The fraction of sp³-hybridized carbons (Fsp3) is 0.471. The Labute approximate surface area is 130 Å². The first-order valence-electron chi connectivity index (χ1n) is 7.38. The highest BCUT2D eigenvalue weighted by Crippen LogP contribution is 2.31. The van der Waals surface area contributed by atoms with Crippen LogP contribution < -0.4 is 4.74 Å². The molecule has 0 heterocycles. The maximum atomic E-state index is 10.4. The molecule has 0 amide bonds. The van der Waals surface area contributed by atoms with Gasteiger partial charge in [0.15, 0.2) is 0 Å². The highest BCUT2D eigenvalue weighted by molar-refractivity contribution is 5.66. The van der Waals surface area contributed by atoms with Gasteiger partial charge in [0.2, 0.25) is 0 Å². The summed E-state index contributed by atoms with van der Waals surface area (Å²) in [5.41, 5.74) is 0.656. The number of hydrogen-bond donors (Lipinski definition) is 3. The molecule has 0 aliphatic carbocycles. The molecule has 0 aliphatic heterocycles. The van der Waals surface area contributed by atoms with Gasteiger partial charge in [-0.3, -0.25) is 4.79 Å². The van der Waals surface area contributed by atoms with Crippen LogP contribution in [0.2, 0.25) is 0 Å². The van der Waals surface area contributed by atoms with Crippen LogP contribution >= 0.6 is 0 Å². The molecule has 122 valence electrons. The third-order valence-electron chi connectivity index (χ3n) is 3.51. The number of methoxy groups -OCH3 is 1. The molecule has 2 atom stereocenters. The van der Waals surface area contributed by atoms with Gasteiger partial charge in [0.25, 0.3) is 0 Å². The molecule has 0 saturated heterocycles. The number of aliphatic carboxylic acids is 1. The van der Waals surface area contributed by atoms with Crippen LogP contribution in [0.5, 0.6) is 5.75 Å². The molecule has 22 heavy (non-hydrogen) atoms. The van der Waals surface area contributed by atoms with Crippen LogP contribution in [0.25, 0.3) is 0 Å². The van der Waals surface area contributed by atoms with E-state index in [-0.39, 0.29) is 18.9 Å². The van der Waals surface area contributed by atoms with Crippen molar-refractivity contribution in [3.05, 3.63) is 42.0 Å². The molecular weight excluding hydrogens is 284 g/mol. The molecule has 5 nitrogen and oxygen atoms in total. The quantitative estimate of drug-likeness (QED) is 0.457. The minimum Gasteiger partial charge on any atom is -0.496 e. The SMILES string of the molecule is COc1ccccc1C(O)C(CO)C/C=C\CCCC(=O)O. The number of allylic oxidation sites excluding steroid dienone is 2. The Hall–Kier alpha value is -1.85.